The molecule has 0 spiro atoms. The van der Waals surface area contributed by atoms with E-state index in [1.807, 2.05) is 0 Å². The molecular weight excluding hydrogens is 196 g/mol. The van der Waals surface area contributed by atoms with E-state index >= 15 is 0 Å². The number of hydrogen-bond acceptors (Lipinski definition) is 2. The van der Waals surface area contributed by atoms with E-state index in [4.69, 9.17) is 5.73 Å². The number of hydrogen-bond donors (Lipinski definition) is 1. The first kappa shape index (κ1) is 13.2. The molecule has 0 radical (unpaired) electrons. The van der Waals surface area contributed by atoms with Crippen LogP contribution in [-0.2, 0) is 6.42 Å². The molecule has 1 aromatic carbocycles. The van der Waals surface area contributed by atoms with Crippen LogP contribution >= 0.6 is 0 Å². The van der Waals surface area contributed by atoms with Crippen LogP contribution in [0.25, 0.3) is 0 Å². The predicted octanol–water partition coefficient (Wildman–Crippen LogP) is 2.21. The lowest BCUT2D eigenvalue weighted by molar-refractivity contribution is 0.282. The Labute approximate surface area is 99.5 Å². The third kappa shape index (κ3) is 4.33. The molecule has 1 unspecified atom stereocenters. The summed E-state index contributed by atoms with van der Waals surface area (Å²) >= 11 is 0. The van der Waals surface area contributed by atoms with Crippen LogP contribution in [0.1, 0.15) is 25.0 Å². The van der Waals surface area contributed by atoms with E-state index in [9.17, 15) is 0 Å². The molecule has 0 saturated carbocycles. The molecule has 0 amide bonds. The summed E-state index contributed by atoms with van der Waals surface area (Å²) in [6.45, 7) is 9.64. The van der Waals surface area contributed by atoms with Gasteiger partial charge < -0.3 is 10.6 Å². The van der Waals surface area contributed by atoms with Gasteiger partial charge in [0.05, 0.1) is 0 Å². The van der Waals surface area contributed by atoms with Gasteiger partial charge in [-0.25, -0.2) is 0 Å². The first-order chi connectivity index (χ1) is 7.65. The zero-order valence-corrected chi connectivity index (χ0v) is 10.7. The molecule has 2 heteroatoms. The van der Waals surface area contributed by atoms with Gasteiger partial charge in [0.15, 0.2) is 0 Å². The molecule has 2 N–H and O–H groups in total. The summed E-state index contributed by atoms with van der Waals surface area (Å²) in [5, 5.41) is 0. The lowest BCUT2D eigenvalue weighted by Crippen LogP contribution is -2.38. The minimum absolute atomic E-state index is 0.238. The van der Waals surface area contributed by atoms with Crippen LogP contribution in [0.2, 0.25) is 0 Å². The van der Waals surface area contributed by atoms with Gasteiger partial charge in [0.1, 0.15) is 0 Å². The van der Waals surface area contributed by atoms with Crippen molar-refractivity contribution in [3.05, 3.63) is 35.4 Å². The fourth-order valence-electron chi connectivity index (χ4n) is 2.02. The molecule has 0 aliphatic heterocycles. The van der Waals surface area contributed by atoms with Crippen molar-refractivity contribution >= 4 is 0 Å². The minimum Gasteiger partial charge on any atom is -0.326 e. The average Bonchev–Trinajstić information content (AvgIpc) is 2.26. The third-order valence-electron chi connectivity index (χ3n) is 2.97. The average molecular weight is 220 g/mol. The van der Waals surface area contributed by atoms with Crippen LogP contribution in [0.3, 0.4) is 0 Å². The van der Waals surface area contributed by atoms with Gasteiger partial charge in [-0.15, -0.1) is 0 Å². The highest BCUT2D eigenvalue weighted by Gasteiger charge is 2.08. The van der Waals surface area contributed by atoms with Gasteiger partial charge in [-0.05, 0) is 32.0 Å². The molecular formula is C14H24N2. The Morgan fingerprint density at radius 3 is 2.50 bits per heavy atom. The molecule has 90 valence electrons. The van der Waals surface area contributed by atoms with Crippen molar-refractivity contribution < 1.29 is 0 Å². The van der Waals surface area contributed by atoms with Crippen molar-refractivity contribution in [2.45, 2.75) is 33.2 Å². The quantitative estimate of drug-likeness (QED) is 0.796. The van der Waals surface area contributed by atoms with Gasteiger partial charge in [0.2, 0.25) is 0 Å². The summed E-state index contributed by atoms with van der Waals surface area (Å²) in [5.41, 5.74) is 8.83. The Balaban J connectivity index is 2.47. The Bertz CT molecular complexity index is 305. The highest BCUT2D eigenvalue weighted by atomic mass is 15.1. The number of likely N-dealkylation sites (N-methyl/N-ethyl adjacent to an activating group) is 1. The smallest absolute Gasteiger partial charge is 0.0208 e. The molecule has 2 nitrogen and oxygen atoms in total. The molecule has 0 aliphatic carbocycles. The molecule has 0 aromatic heterocycles. The van der Waals surface area contributed by atoms with Gasteiger partial charge in [-0.2, -0.15) is 0 Å². The topological polar surface area (TPSA) is 29.3 Å². The van der Waals surface area contributed by atoms with Crippen molar-refractivity contribution in [2.24, 2.45) is 5.73 Å². The molecule has 1 atom stereocenters. The van der Waals surface area contributed by atoms with E-state index in [1.165, 1.54) is 11.1 Å². The normalized spacial score (nSPS) is 13.1. The zero-order valence-electron chi connectivity index (χ0n) is 10.7. The predicted molar refractivity (Wildman–Crippen MR) is 70.6 cm³/mol. The minimum atomic E-state index is 0.238. The number of nitrogens with zero attached hydrogens (tertiary/aromatic N) is 1. The van der Waals surface area contributed by atoms with Crippen molar-refractivity contribution in [1.82, 2.24) is 4.90 Å². The first-order valence-electron chi connectivity index (χ1n) is 6.19. The third-order valence-corrected chi connectivity index (χ3v) is 2.97. The maximum Gasteiger partial charge on any atom is 0.0208 e. The largest absolute Gasteiger partial charge is 0.326 e. The summed E-state index contributed by atoms with van der Waals surface area (Å²) in [7, 11) is 0. The molecule has 0 saturated heterocycles. The van der Waals surface area contributed by atoms with Crippen LogP contribution in [0.4, 0.5) is 0 Å². The molecule has 16 heavy (non-hydrogen) atoms. The van der Waals surface area contributed by atoms with Crippen LogP contribution in [0.5, 0.6) is 0 Å². The van der Waals surface area contributed by atoms with Crippen molar-refractivity contribution in [1.29, 1.82) is 0 Å². The van der Waals surface area contributed by atoms with Gasteiger partial charge in [0.25, 0.3) is 0 Å². The van der Waals surface area contributed by atoms with Crippen LogP contribution in [0.15, 0.2) is 24.3 Å². The fourth-order valence-corrected chi connectivity index (χ4v) is 2.02. The van der Waals surface area contributed by atoms with E-state index in [0.29, 0.717) is 0 Å². The van der Waals surface area contributed by atoms with Crippen molar-refractivity contribution in [3.8, 4) is 0 Å². The second kappa shape index (κ2) is 6.66. The SMILES string of the molecule is CCN(CC)CC(N)Cc1cccc(C)c1. The van der Waals surface area contributed by atoms with E-state index in [1.54, 1.807) is 0 Å². The number of rotatable bonds is 6. The maximum atomic E-state index is 6.17. The second-order valence-electron chi connectivity index (χ2n) is 4.44. The van der Waals surface area contributed by atoms with Crippen LogP contribution in [0, 0.1) is 6.92 Å². The first-order valence-corrected chi connectivity index (χ1v) is 6.19. The Morgan fingerprint density at radius 1 is 1.25 bits per heavy atom. The number of benzene rings is 1. The summed E-state index contributed by atoms with van der Waals surface area (Å²) in [6, 6.07) is 8.85. The highest BCUT2D eigenvalue weighted by Crippen LogP contribution is 2.06. The van der Waals surface area contributed by atoms with E-state index in [-0.39, 0.29) is 6.04 Å². The standard InChI is InChI=1S/C14H24N2/c1-4-16(5-2)11-14(15)10-13-8-6-7-12(3)9-13/h6-9,14H,4-5,10-11,15H2,1-3H3. The van der Waals surface area contributed by atoms with Gasteiger partial charge >= 0.3 is 0 Å². The van der Waals surface area contributed by atoms with Crippen LogP contribution in [-0.4, -0.2) is 30.6 Å². The molecule has 0 aliphatic rings. The monoisotopic (exact) mass is 220 g/mol. The summed E-state index contributed by atoms with van der Waals surface area (Å²) < 4.78 is 0. The van der Waals surface area contributed by atoms with Gasteiger partial charge in [-0.3, -0.25) is 0 Å². The second-order valence-corrected chi connectivity index (χ2v) is 4.44. The molecule has 0 fully saturated rings. The van der Waals surface area contributed by atoms with E-state index in [0.717, 1.165) is 26.1 Å². The Hall–Kier alpha value is -0.860. The molecule has 1 rings (SSSR count). The van der Waals surface area contributed by atoms with Crippen molar-refractivity contribution in [2.75, 3.05) is 19.6 Å². The number of nitrogens with two attached hydrogens (primary N) is 1. The zero-order chi connectivity index (χ0) is 12.0. The molecule has 0 heterocycles. The van der Waals surface area contributed by atoms with Crippen LogP contribution < -0.4 is 5.73 Å². The summed E-state index contributed by atoms with van der Waals surface area (Å²) in [5.74, 6) is 0. The number of aryl methyl sites for hydroxylation is 1. The Kier molecular flexibility index (Phi) is 5.50. The lowest BCUT2D eigenvalue weighted by Gasteiger charge is -2.22. The van der Waals surface area contributed by atoms with E-state index in [2.05, 4.69) is 49.9 Å². The van der Waals surface area contributed by atoms with Gasteiger partial charge in [-0.1, -0.05) is 43.7 Å². The molecule has 0 bridgehead atoms. The highest BCUT2D eigenvalue weighted by molar-refractivity contribution is 5.22. The summed E-state index contributed by atoms with van der Waals surface area (Å²) in [6.07, 6.45) is 0.970. The lowest BCUT2D eigenvalue weighted by atomic mass is 10.0. The van der Waals surface area contributed by atoms with E-state index < -0.39 is 0 Å². The van der Waals surface area contributed by atoms with Gasteiger partial charge in [0, 0.05) is 12.6 Å². The maximum absolute atomic E-state index is 6.17. The van der Waals surface area contributed by atoms with Crippen molar-refractivity contribution in [3.63, 3.8) is 0 Å². The molecule has 1 aromatic rings. The summed E-state index contributed by atoms with van der Waals surface area (Å²) in [4.78, 5) is 2.38. The fraction of sp³-hybridized carbons (Fsp3) is 0.571. The Morgan fingerprint density at radius 2 is 1.94 bits per heavy atom.